The third-order valence-corrected chi connectivity index (χ3v) is 8.38. The van der Waals surface area contributed by atoms with Gasteiger partial charge in [-0.25, -0.2) is 4.79 Å². The molecule has 0 spiro atoms. The molecule has 2 aliphatic heterocycles. The number of hydrogen-bond acceptors (Lipinski definition) is 6. The molecule has 0 aliphatic carbocycles. The average molecular weight is 660 g/mol. The Hall–Kier alpha value is -3.73. The third-order valence-electron chi connectivity index (χ3n) is 8.38. The maximum absolute atomic E-state index is 13.9. The summed E-state index contributed by atoms with van der Waals surface area (Å²) in [5.74, 6) is 0.478. The van der Waals surface area contributed by atoms with Crippen molar-refractivity contribution in [1.29, 1.82) is 0 Å². The van der Waals surface area contributed by atoms with Crippen LogP contribution < -0.4 is 9.47 Å². The fourth-order valence-corrected chi connectivity index (χ4v) is 6.20. The second kappa shape index (κ2) is 14.6. The van der Waals surface area contributed by atoms with Crippen molar-refractivity contribution in [2.75, 3.05) is 32.8 Å². The number of nitrogens with zero attached hydrogens (tertiary/aromatic N) is 3. The van der Waals surface area contributed by atoms with Gasteiger partial charge in [0.05, 0.1) is 12.6 Å². The predicted molar refractivity (Wildman–Crippen MR) is 174 cm³/mol. The first-order chi connectivity index (χ1) is 21.9. The molecule has 2 unspecified atom stereocenters. The van der Waals surface area contributed by atoms with Crippen LogP contribution >= 0.6 is 0 Å². The van der Waals surface area contributed by atoms with E-state index in [4.69, 9.17) is 9.47 Å². The molecule has 3 atom stereocenters. The van der Waals surface area contributed by atoms with Crippen molar-refractivity contribution < 1.29 is 37.0 Å². The van der Waals surface area contributed by atoms with E-state index in [1.54, 1.807) is 23.2 Å². The zero-order valence-electron chi connectivity index (χ0n) is 28.5. The Kier molecular flexibility index (Phi) is 11.2. The van der Waals surface area contributed by atoms with Crippen molar-refractivity contribution in [3.63, 3.8) is 0 Å². The van der Waals surface area contributed by atoms with Gasteiger partial charge in [-0.05, 0) is 69.2 Å². The van der Waals surface area contributed by atoms with E-state index in [1.807, 2.05) is 62.9 Å². The SMILES string of the molecule is CCOc1ccccc1C(c1ccc(OC(F)(F)F)cc1)N1CCN(C(=O)CC2C=CN(C(=O)OC(C)(C)C)CC2)[C@@H](C(C)(C)C)C1. The van der Waals surface area contributed by atoms with Crippen molar-refractivity contribution in [3.8, 4) is 11.5 Å². The van der Waals surface area contributed by atoms with Crippen LogP contribution in [0.5, 0.6) is 11.5 Å². The molecule has 2 heterocycles. The van der Waals surface area contributed by atoms with E-state index in [-0.39, 0.29) is 35.1 Å². The molecule has 258 valence electrons. The fourth-order valence-electron chi connectivity index (χ4n) is 6.20. The lowest BCUT2D eigenvalue weighted by Crippen LogP contribution is -2.60. The smallest absolute Gasteiger partial charge is 0.494 e. The summed E-state index contributed by atoms with van der Waals surface area (Å²) in [5.41, 5.74) is 0.837. The Morgan fingerprint density at radius 3 is 2.19 bits per heavy atom. The normalized spacial score (nSPS) is 20.1. The molecule has 0 radical (unpaired) electrons. The Bertz CT molecular complexity index is 1400. The lowest BCUT2D eigenvalue weighted by atomic mass is 9.82. The number of allylic oxidation sites excluding steroid dienone is 1. The van der Waals surface area contributed by atoms with Crippen LogP contribution in [0.15, 0.2) is 60.8 Å². The Morgan fingerprint density at radius 2 is 1.62 bits per heavy atom. The first kappa shape index (κ1) is 36.1. The molecule has 2 aromatic rings. The van der Waals surface area contributed by atoms with Crippen molar-refractivity contribution in [3.05, 3.63) is 71.9 Å². The number of alkyl halides is 3. The second-order valence-electron chi connectivity index (χ2n) is 14.2. The van der Waals surface area contributed by atoms with Crippen molar-refractivity contribution >= 4 is 12.0 Å². The highest BCUT2D eigenvalue weighted by atomic mass is 19.4. The van der Waals surface area contributed by atoms with Gasteiger partial charge in [0.2, 0.25) is 5.91 Å². The van der Waals surface area contributed by atoms with Crippen LogP contribution in [0.3, 0.4) is 0 Å². The van der Waals surface area contributed by atoms with Gasteiger partial charge >= 0.3 is 12.5 Å². The van der Waals surface area contributed by atoms with E-state index in [0.29, 0.717) is 51.4 Å². The number of hydrogen-bond donors (Lipinski definition) is 0. The van der Waals surface area contributed by atoms with Gasteiger partial charge in [-0.15, -0.1) is 13.2 Å². The number of rotatable bonds is 8. The third kappa shape index (κ3) is 9.89. The Balaban J connectivity index is 1.56. The van der Waals surface area contributed by atoms with E-state index >= 15 is 0 Å². The van der Waals surface area contributed by atoms with E-state index in [2.05, 4.69) is 30.4 Å². The number of ether oxygens (including phenoxy) is 3. The van der Waals surface area contributed by atoms with Gasteiger partial charge in [-0.2, -0.15) is 0 Å². The fraction of sp³-hybridized carbons (Fsp3) is 0.556. The standard InChI is InChI=1S/C36H48F3N3O5/c1-8-45-29-12-10-9-11-28(29)32(26-13-15-27(16-14-26)46-36(37,38)39)41-21-22-42(30(24-41)34(2,3)4)31(43)23-25-17-19-40(20-18-25)33(44)47-35(5,6)7/h9-17,19,25,30,32H,8,18,20-24H2,1-7H3/t25?,30-,32?/m1/s1. The quantitative estimate of drug-likeness (QED) is 0.288. The summed E-state index contributed by atoms with van der Waals surface area (Å²) >= 11 is 0. The predicted octanol–water partition coefficient (Wildman–Crippen LogP) is 7.79. The van der Waals surface area contributed by atoms with Gasteiger partial charge in [0.1, 0.15) is 17.1 Å². The Morgan fingerprint density at radius 1 is 0.936 bits per heavy atom. The number of halogens is 3. The number of benzene rings is 2. The summed E-state index contributed by atoms with van der Waals surface area (Å²) < 4.78 is 54.3. The first-order valence-electron chi connectivity index (χ1n) is 16.2. The monoisotopic (exact) mass is 659 g/mol. The largest absolute Gasteiger partial charge is 0.573 e. The van der Waals surface area contributed by atoms with Crippen LogP contribution in [0.1, 0.15) is 78.5 Å². The summed E-state index contributed by atoms with van der Waals surface area (Å²) in [5, 5.41) is 0. The van der Waals surface area contributed by atoms with Crippen LogP contribution in [-0.2, 0) is 9.53 Å². The second-order valence-corrected chi connectivity index (χ2v) is 14.2. The van der Waals surface area contributed by atoms with Crippen molar-refractivity contribution in [2.45, 2.75) is 85.4 Å². The van der Waals surface area contributed by atoms with E-state index in [0.717, 1.165) is 11.1 Å². The molecular weight excluding hydrogens is 611 g/mol. The number of carbonyl (C=O) groups excluding carboxylic acids is 2. The van der Waals surface area contributed by atoms with Crippen LogP contribution in [0, 0.1) is 11.3 Å². The maximum Gasteiger partial charge on any atom is 0.573 e. The molecule has 4 rings (SSSR count). The molecule has 1 fully saturated rings. The molecule has 0 bridgehead atoms. The summed E-state index contributed by atoms with van der Waals surface area (Å²) in [6.07, 6.45) is -0.545. The first-order valence-corrected chi connectivity index (χ1v) is 16.2. The van der Waals surface area contributed by atoms with Crippen LogP contribution in [-0.4, -0.2) is 77.5 Å². The van der Waals surface area contributed by atoms with Gasteiger partial charge in [0, 0.05) is 50.4 Å². The molecule has 0 saturated carbocycles. The van der Waals surface area contributed by atoms with E-state index in [1.165, 1.54) is 12.1 Å². The zero-order chi connectivity index (χ0) is 34.6. The number of piperazine rings is 1. The summed E-state index contributed by atoms with van der Waals surface area (Å²) in [4.78, 5) is 32.2. The highest BCUT2D eigenvalue weighted by Gasteiger charge is 2.41. The van der Waals surface area contributed by atoms with Crippen molar-refractivity contribution in [2.24, 2.45) is 11.3 Å². The molecule has 2 aromatic carbocycles. The molecule has 2 aliphatic rings. The van der Waals surface area contributed by atoms with Crippen molar-refractivity contribution in [1.82, 2.24) is 14.7 Å². The Labute approximate surface area is 276 Å². The molecular formula is C36H48F3N3O5. The molecule has 0 aromatic heterocycles. The molecule has 8 nitrogen and oxygen atoms in total. The van der Waals surface area contributed by atoms with Crippen LogP contribution in [0.2, 0.25) is 0 Å². The zero-order valence-corrected chi connectivity index (χ0v) is 28.5. The minimum absolute atomic E-state index is 0.00286. The summed E-state index contributed by atoms with van der Waals surface area (Å²) in [7, 11) is 0. The van der Waals surface area contributed by atoms with Gasteiger partial charge in [-0.1, -0.05) is 57.2 Å². The number of carbonyl (C=O) groups is 2. The number of amides is 2. The molecule has 1 saturated heterocycles. The lowest BCUT2D eigenvalue weighted by Gasteiger charge is -2.49. The van der Waals surface area contributed by atoms with E-state index < -0.39 is 18.1 Å². The molecule has 47 heavy (non-hydrogen) atoms. The average Bonchev–Trinajstić information content (AvgIpc) is 2.97. The molecule has 11 heteroatoms. The molecule has 0 N–H and O–H groups in total. The summed E-state index contributed by atoms with van der Waals surface area (Å²) in [6.45, 7) is 16.3. The van der Waals surface area contributed by atoms with Gasteiger partial charge in [0.15, 0.2) is 0 Å². The molecule has 2 amide bonds. The lowest BCUT2D eigenvalue weighted by molar-refractivity contribution is -0.274. The number of para-hydroxylation sites is 1. The maximum atomic E-state index is 13.9. The van der Waals surface area contributed by atoms with Gasteiger partial charge in [-0.3, -0.25) is 14.6 Å². The van der Waals surface area contributed by atoms with E-state index in [9.17, 15) is 22.8 Å². The van der Waals surface area contributed by atoms with Crippen LogP contribution in [0.25, 0.3) is 0 Å². The van der Waals surface area contributed by atoms with Crippen LogP contribution in [0.4, 0.5) is 18.0 Å². The van der Waals surface area contributed by atoms with Gasteiger partial charge < -0.3 is 19.1 Å². The minimum atomic E-state index is -4.78. The minimum Gasteiger partial charge on any atom is -0.494 e. The van der Waals surface area contributed by atoms with Gasteiger partial charge in [0.25, 0.3) is 0 Å². The topological polar surface area (TPSA) is 71.6 Å². The highest BCUT2D eigenvalue weighted by molar-refractivity contribution is 5.77. The highest BCUT2D eigenvalue weighted by Crippen LogP contribution is 2.39. The summed E-state index contributed by atoms with van der Waals surface area (Å²) in [6, 6.07) is 13.2.